The smallest absolute Gasteiger partial charge is 0.335 e. The van der Waals surface area contributed by atoms with Crippen LogP contribution in [0, 0.1) is 0 Å². The summed E-state index contributed by atoms with van der Waals surface area (Å²) in [6, 6.07) is 12.6. The van der Waals surface area contributed by atoms with Crippen LogP contribution in [-0.4, -0.2) is 52.5 Å². The molecule has 214 valence electrons. The maximum atomic E-state index is 11.6. The number of pyridine rings is 1. The van der Waals surface area contributed by atoms with Crippen molar-refractivity contribution >= 4 is 45.7 Å². The van der Waals surface area contributed by atoms with Crippen LogP contribution in [0.15, 0.2) is 46.9 Å². The standard InChI is InChI=1S/C31H31ClN2O6S/c1-18(35)28-15-24(32)29(41-28)17-39-30-4-2-3-25(33-30)19-7-10-34(11-8-19)16-27-23(14-21-9-12-38-21)22-13-20(31(36)37)5-6-26(22)40-27/h2-6,13,15,19,21H,7-12,14,16-17H2,1H3,(H,36,37)/t21-/m0/s1. The summed E-state index contributed by atoms with van der Waals surface area (Å²) >= 11 is 7.63. The van der Waals surface area contributed by atoms with Crippen LogP contribution >= 0.6 is 22.9 Å². The molecule has 0 spiro atoms. The molecule has 0 radical (unpaired) electrons. The number of benzene rings is 1. The minimum absolute atomic E-state index is 0.00846. The Morgan fingerprint density at radius 3 is 2.66 bits per heavy atom. The third-order valence-electron chi connectivity index (χ3n) is 7.92. The fourth-order valence-electron chi connectivity index (χ4n) is 5.50. The van der Waals surface area contributed by atoms with E-state index in [9.17, 15) is 14.7 Å². The number of halogens is 1. The number of ketones is 1. The second kappa shape index (κ2) is 11.9. The van der Waals surface area contributed by atoms with Crippen molar-refractivity contribution < 1.29 is 28.6 Å². The Balaban J connectivity index is 1.10. The maximum Gasteiger partial charge on any atom is 0.335 e. The number of carboxylic acid groups (broad SMARTS) is 1. The van der Waals surface area contributed by atoms with Crippen molar-refractivity contribution in [1.82, 2.24) is 9.88 Å². The number of rotatable bonds is 10. The van der Waals surface area contributed by atoms with Crippen LogP contribution in [0.4, 0.5) is 0 Å². The molecule has 1 aromatic carbocycles. The average molecular weight is 595 g/mol. The lowest BCUT2D eigenvalue weighted by Gasteiger charge is -2.31. The number of aromatic nitrogens is 1. The predicted octanol–water partition coefficient (Wildman–Crippen LogP) is 6.73. The molecule has 5 heterocycles. The molecule has 4 aromatic rings. The van der Waals surface area contributed by atoms with Crippen LogP contribution in [0.25, 0.3) is 11.0 Å². The number of carbonyl (C=O) groups is 2. The van der Waals surface area contributed by atoms with Gasteiger partial charge in [-0.3, -0.25) is 9.69 Å². The largest absolute Gasteiger partial charge is 0.478 e. The van der Waals surface area contributed by atoms with Gasteiger partial charge in [0, 0.05) is 41.7 Å². The van der Waals surface area contributed by atoms with Crippen molar-refractivity contribution in [2.24, 2.45) is 0 Å². The molecule has 2 saturated heterocycles. The summed E-state index contributed by atoms with van der Waals surface area (Å²) in [5.74, 6) is 0.810. The summed E-state index contributed by atoms with van der Waals surface area (Å²) in [7, 11) is 0. The first-order chi connectivity index (χ1) is 19.8. The number of thiophene rings is 1. The number of hydrogen-bond acceptors (Lipinski definition) is 8. The number of Topliss-reactive ketones (excluding diaryl/α,β-unsaturated/α-hetero) is 1. The average Bonchev–Trinajstić information content (AvgIpc) is 3.49. The first-order valence-corrected chi connectivity index (χ1v) is 15.0. The van der Waals surface area contributed by atoms with E-state index in [-0.39, 0.29) is 24.1 Å². The van der Waals surface area contributed by atoms with Crippen molar-refractivity contribution in [2.75, 3.05) is 19.7 Å². The van der Waals surface area contributed by atoms with Gasteiger partial charge in [0.1, 0.15) is 18.0 Å². The Labute approximate surface area is 246 Å². The summed E-state index contributed by atoms with van der Waals surface area (Å²) in [6.45, 7) is 5.03. The van der Waals surface area contributed by atoms with E-state index in [2.05, 4.69) is 11.0 Å². The lowest BCUT2D eigenvalue weighted by atomic mass is 9.92. The van der Waals surface area contributed by atoms with Crippen molar-refractivity contribution in [1.29, 1.82) is 0 Å². The summed E-state index contributed by atoms with van der Waals surface area (Å²) in [5.41, 5.74) is 3.05. The minimum Gasteiger partial charge on any atom is -0.478 e. The number of nitrogens with zero attached hydrogens (tertiary/aromatic N) is 2. The molecule has 1 N–H and O–H groups in total. The fourth-order valence-corrected chi connectivity index (χ4v) is 6.71. The van der Waals surface area contributed by atoms with E-state index in [1.165, 1.54) is 18.3 Å². The Hall–Kier alpha value is -3.24. The van der Waals surface area contributed by atoms with Gasteiger partial charge >= 0.3 is 5.97 Å². The SMILES string of the molecule is CC(=O)c1cc(Cl)c(COc2cccc(C3CCN(Cc4oc5ccc(C(=O)O)cc5c4C[C@@H]4CCO4)CC3)n2)s1. The molecule has 8 nitrogen and oxygen atoms in total. The number of furan rings is 1. The van der Waals surface area contributed by atoms with Gasteiger partial charge in [0.25, 0.3) is 0 Å². The third-order valence-corrected chi connectivity index (χ3v) is 9.58. The van der Waals surface area contributed by atoms with Gasteiger partial charge in [-0.25, -0.2) is 9.78 Å². The van der Waals surface area contributed by atoms with Gasteiger partial charge in [-0.2, -0.15) is 0 Å². The van der Waals surface area contributed by atoms with Gasteiger partial charge in [-0.15, -0.1) is 11.3 Å². The number of ether oxygens (including phenoxy) is 2. The fraction of sp³-hybridized carbons (Fsp3) is 0.387. The minimum atomic E-state index is -0.942. The van der Waals surface area contributed by atoms with Crippen molar-refractivity contribution in [2.45, 2.75) is 57.8 Å². The van der Waals surface area contributed by atoms with Crippen LogP contribution in [0.3, 0.4) is 0 Å². The Morgan fingerprint density at radius 1 is 1.17 bits per heavy atom. The molecule has 10 heteroatoms. The number of hydrogen-bond donors (Lipinski definition) is 1. The third kappa shape index (κ3) is 6.18. The van der Waals surface area contributed by atoms with Gasteiger partial charge in [0.05, 0.1) is 33.0 Å². The zero-order valence-corrected chi connectivity index (χ0v) is 24.3. The molecule has 0 unspecified atom stereocenters. The highest BCUT2D eigenvalue weighted by atomic mass is 35.5. The molecule has 2 fully saturated rings. The second-order valence-corrected chi connectivity index (χ2v) is 12.2. The van der Waals surface area contributed by atoms with Crippen LogP contribution in [0.5, 0.6) is 5.88 Å². The highest BCUT2D eigenvalue weighted by molar-refractivity contribution is 7.14. The topological polar surface area (TPSA) is 102 Å². The van der Waals surface area contributed by atoms with E-state index in [4.69, 9.17) is 30.5 Å². The maximum absolute atomic E-state index is 11.6. The highest BCUT2D eigenvalue weighted by Crippen LogP contribution is 2.34. The van der Waals surface area contributed by atoms with E-state index >= 15 is 0 Å². The molecule has 0 aliphatic carbocycles. The first-order valence-electron chi connectivity index (χ1n) is 13.8. The normalized spacial score (nSPS) is 18.0. The molecule has 0 saturated carbocycles. The number of carbonyl (C=O) groups excluding carboxylic acids is 1. The summed E-state index contributed by atoms with van der Waals surface area (Å²) < 4.78 is 17.9. The van der Waals surface area contributed by atoms with Gasteiger partial charge in [0.15, 0.2) is 5.78 Å². The Kier molecular flexibility index (Phi) is 8.12. The summed E-state index contributed by atoms with van der Waals surface area (Å²) in [5, 5.41) is 10.9. The Morgan fingerprint density at radius 2 is 1.98 bits per heavy atom. The zero-order chi connectivity index (χ0) is 28.5. The summed E-state index contributed by atoms with van der Waals surface area (Å²) in [6.07, 6.45) is 3.80. The molecule has 41 heavy (non-hydrogen) atoms. The van der Waals surface area contributed by atoms with Gasteiger partial charge in [0.2, 0.25) is 5.88 Å². The van der Waals surface area contributed by atoms with Crippen LogP contribution < -0.4 is 4.74 Å². The molecule has 2 aliphatic heterocycles. The number of aromatic carboxylic acids is 1. The lowest BCUT2D eigenvalue weighted by Crippen LogP contribution is -2.33. The number of piperidine rings is 1. The van der Waals surface area contributed by atoms with E-state index in [0.717, 1.165) is 78.2 Å². The molecule has 3 aromatic heterocycles. The predicted molar refractivity (Wildman–Crippen MR) is 156 cm³/mol. The van der Waals surface area contributed by atoms with E-state index in [1.54, 1.807) is 24.3 Å². The molecule has 0 amide bonds. The second-order valence-electron chi connectivity index (χ2n) is 10.7. The quantitative estimate of drug-likeness (QED) is 0.202. The monoisotopic (exact) mass is 594 g/mol. The molecule has 1 atom stereocenters. The summed E-state index contributed by atoms with van der Waals surface area (Å²) in [4.78, 5) is 31.8. The van der Waals surface area contributed by atoms with E-state index in [0.29, 0.717) is 28.2 Å². The highest BCUT2D eigenvalue weighted by Gasteiger charge is 2.27. The van der Waals surface area contributed by atoms with Crippen LogP contribution in [0.2, 0.25) is 5.02 Å². The van der Waals surface area contributed by atoms with Crippen LogP contribution in [0.1, 0.15) is 74.0 Å². The zero-order valence-electron chi connectivity index (χ0n) is 22.7. The number of likely N-dealkylation sites (tertiary alicyclic amines) is 1. The molecule has 6 rings (SSSR count). The molecular weight excluding hydrogens is 564 g/mol. The van der Waals surface area contributed by atoms with Crippen LogP contribution in [-0.2, 0) is 24.3 Å². The van der Waals surface area contributed by atoms with Gasteiger partial charge < -0.3 is 19.0 Å². The van der Waals surface area contributed by atoms with Crippen molar-refractivity contribution in [3.8, 4) is 5.88 Å². The first kappa shape index (κ1) is 27.9. The molecule has 2 aliphatic rings. The van der Waals surface area contributed by atoms with Crippen molar-refractivity contribution in [3.05, 3.63) is 79.8 Å². The lowest BCUT2D eigenvalue weighted by molar-refractivity contribution is -0.0493. The Bertz CT molecular complexity index is 1580. The van der Waals surface area contributed by atoms with E-state index in [1.807, 2.05) is 12.1 Å². The van der Waals surface area contributed by atoms with E-state index < -0.39 is 5.97 Å². The molecule has 0 bridgehead atoms. The number of fused-ring (bicyclic) bond motifs is 1. The van der Waals surface area contributed by atoms with Gasteiger partial charge in [-0.05, 0) is 69.6 Å². The van der Waals surface area contributed by atoms with Gasteiger partial charge in [-0.1, -0.05) is 17.7 Å². The number of carboxylic acids is 1. The van der Waals surface area contributed by atoms with Crippen molar-refractivity contribution in [3.63, 3.8) is 0 Å². The molecular formula is C31H31ClN2O6S.